The molecule has 1 amide bonds. The molecule has 2 aliphatic heterocycles. The lowest BCUT2D eigenvalue weighted by Gasteiger charge is -2.32. The molecule has 2 saturated heterocycles. The molecule has 0 spiro atoms. The van der Waals surface area contributed by atoms with E-state index < -0.39 is 0 Å². The second-order valence-electron chi connectivity index (χ2n) is 8.68. The second kappa shape index (κ2) is 9.25. The highest BCUT2D eigenvalue weighted by molar-refractivity contribution is 5.94. The number of aromatic hydroxyl groups is 1. The number of morpholine rings is 1. The number of hydrogen-bond acceptors (Lipinski definition) is 7. The Balaban J connectivity index is 1.30. The van der Waals surface area contributed by atoms with Crippen LogP contribution in [0.4, 0.5) is 0 Å². The smallest absolute Gasteiger partial charge is 0.255 e. The molecule has 1 atom stereocenters. The van der Waals surface area contributed by atoms with E-state index in [2.05, 4.69) is 21.1 Å². The summed E-state index contributed by atoms with van der Waals surface area (Å²) in [6.07, 6.45) is 4.07. The van der Waals surface area contributed by atoms with Gasteiger partial charge in [-0.15, -0.1) is 0 Å². The van der Waals surface area contributed by atoms with Crippen molar-refractivity contribution in [3.63, 3.8) is 0 Å². The minimum Gasteiger partial charge on any atom is -0.493 e. The maximum absolute atomic E-state index is 13.0. The summed E-state index contributed by atoms with van der Waals surface area (Å²) in [5, 5.41) is 24.2. The molecular weight excluding hydrogens is 432 g/mol. The van der Waals surface area contributed by atoms with Gasteiger partial charge < -0.3 is 14.7 Å². The third kappa shape index (κ3) is 4.14. The zero-order valence-corrected chi connectivity index (χ0v) is 19.0. The average Bonchev–Trinajstić information content (AvgIpc) is 3.52. The molecule has 2 aliphatic rings. The number of aromatic nitrogens is 3. The van der Waals surface area contributed by atoms with Gasteiger partial charge >= 0.3 is 0 Å². The molecular formula is C25H26N6O3. The number of nitriles is 1. The number of hydrogen-bond donors (Lipinski definition) is 1. The Labute approximate surface area is 197 Å². The third-order valence-electron chi connectivity index (χ3n) is 6.61. The van der Waals surface area contributed by atoms with Crippen LogP contribution in [0.2, 0.25) is 0 Å². The molecule has 5 rings (SSSR count). The van der Waals surface area contributed by atoms with Gasteiger partial charge in [-0.1, -0.05) is 6.07 Å². The van der Waals surface area contributed by atoms with Crippen LogP contribution in [0.5, 0.6) is 5.88 Å². The first-order valence-electron chi connectivity index (χ1n) is 11.4. The number of ether oxygens (including phenoxy) is 1. The fourth-order valence-corrected chi connectivity index (χ4v) is 4.72. The summed E-state index contributed by atoms with van der Waals surface area (Å²) in [6.45, 7) is 6.67. The van der Waals surface area contributed by atoms with Gasteiger partial charge in [0.2, 0.25) is 5.88 Å². The fourth-order valence-electron chi connectivity index (χ4n) is 4.72. The quantitative estimate of drug-likeness (QED) is 0.639. The largest absolute Gasteiger partial charge is 0.493 e. The van der Waals surface area contributed by atoms with Crippen LogP contribution in [0.3, 0.4) is 0 Å². The molecule has 1 N–H and O–H groups in total. The topological polar surface area (TPSA) is 108 Å². The first-order valence-corrected chi connectivity index (χ1v) is 11.4. The fraction of sp³-hybridized carbons (Fsp3) is 0.360. The van der Waals surface area contributed by atoms with Crippen LogP contribution in [-0.2, 0) is 4.74 Å². The van der Waals surface area contributed by atoms with Crippen molar-refractivity contribution in [2.24, 2.45) is 0 Å². The van der Waals surface area contributed by atoms with Gasteiger partial charge in [0.05, 0.1) is 42.2 Å². The molecule has 0 radical (unpaired) electrons. The van der Waals surface area contributed by atoms with Gasteiger partial charge in [0.1, 0.15) is 0 Å². The van der Waals surface area contributed by atoms with E-state index in [0.29, 0.717) is 35.1 Å². The van der Waals surface area contributed by atoms with Crippen LogP contribution in [0.25, 0.3) is 16.9 Å². The van der Waals surface area contributed by atoms with Gasteiger partial charge in [-0.2, -0.15) is 15.0 Å². The van der Waals surface area contributed by atoms with E-state index in [-0.39, 0.29) is 11.8 Å². The molecule has 2 fully saturated rings. The maximum Gasteiger partial charge on any atom is 0.255 e. The summed E-state index contributed by atoms with van der Waals surface area (Å²) < 4.78 is 6.77. The maximum atomic E-state index is 13.0. The monoisotopic (exact) mass is 458 g/mol. The van der Waals surface area contributed by atoms with Gasteiger partial charge in [0, 0.05) is 38.4 Å². The van der Waals surface area contributed by atoms with Gasteiger partial charge in [-0.3, -0.25) is 9.69 Å². The summed E-state index contributed by atoms with van der Waals surface area (Å²) >= 11 is 0. The summed E-state index contributed by atoms with van der Waals surface area (Å²) in [4.78, 5) is 21.7. The van der Waals surface area contributed by atoms with Crippen LogP contribution in [0, 0.1) is 18.3 Å². The number of benzene rings is 1. The standard InChI is InChI=1S/C25H26N6O3/c1-17-12-18(13-26)2-4-21(17)22-15-28-31(25(22)33)23-5-3-19(14-27-23)24(32)30-7-6-20(16-30)29-8-10-34-11-9-29/h2-5,12,14-15,20,33H,6-11,16H2,1H3. The molecule has 9 heteroatoms. The highest BCUT2D eigenvalue weighted by Gasteiger charge is 2.31. The molecule has 2 aromatic heterocycles. The lowest BCUT2D eigenvalue weighted by atomic mass is 10.0. The number of amides is 1. The van der Waals surface area contributed by atoms with Crippen molar-refractivity contribution in [2.75, 3.05) is 39.4 Å². The Kier molecular flexibility index (Phi) is 6.01. The SMILES string of the molecule is Cc1cc(C#N)ccc1-c1cnn(-c2ccc(C(=O)N3CCC(N4CCOCC4)C3)cn2)c1O. The number of carbonyl (C=O) groups excluding carboxylic acids is 1. The minimum atomic E-state index is -0.0488. The molecule has 1 aromatic carbocycles. The number of carbonyl (C=O) groups is 1. The van der Waals surface area contributed by atoms with E-state index in [0.717, 1.165) is 50.4 Å². The lowest BCUT2D eigenvalue weighted by molar-refractivity contribution is 0.0185. The van der Waals surface area contributed by atoms with Crippen molar-refractivity contribution in [1.29, 1.82) is 5.26 Å². The van der Waals surface area contributed by atoms with Crippen molar-refractivity contribution in [3.05, 3.63) is 59.4 Å². The number of likely N-dealkylation sites (tertiary alicyclic amines) is 1. The Morgan fingerprint density at radius 1 is 1.15 bits per heavy atom. The Hall–Kier alpha value is -3.74. The van der Waals surface area contributed by atoms with E-state index in [9.17, 15) is 9.90 Å². The third-order valence-corrected chi connectivity index (χ3v) is 6.61. The Morgan fingerprint density at radius 3 is 2.68 bits per heavy atom. The van der Waals surface area contributed by atoms with Crippen molar-refractivity contribution < 1.29 is 14.6 Å². The van der Waals surface area contributed by atoms with E-state index in [4.69, 9.17) is 10.00 Å². The Morgan fingerprint density at radius 2 is 1.97 bits per heavy atom. The predicted molar refractivity (Wildman–Crippen MR) is 125 cm³/mol. The van der Waals surface area contributed by atoms with Gasteiger partial charge in [-0.05, 0) is 48.7 Å². The summed E-state index contributed by atoms with van der Waals surface area (Å²) in [5.74, 6) is 0.333. The van der Waals surface area contributed by atoms with Gasteiger partial charge in [-0.25, -0.2) is 4.98 Å². The predicted octanol–water partition coefficient (Wildman–Crippen LogP) is 2.37. The van der Waals surface area contributed by atoms with Gasteiger partial charge in [0.25, 0.3) is 5.91 Å². The Bertz CT molecular complexity index is 1240. The molecule has 1 unspecified atom stereocenters. The molecule has 9 nitrogen and oxygen atoms in total. The number of pyridine rings is 1. The number of rotatable bonds is 4. The van der Waals surface area contributed by atoms with Crippen LogP contribution >= 0.6 is 0 Å². The van der Waals surface area contributed by atoms with Crippen LogP contribution < -0.4 is 0 Å². The zero-order chi connectivity index (χ0) is 23.7. The van der Waals surface area contributed by atoms with Crippen molar-refractivity contribution >= 4 is 5.91 Å². The van der Waals surface area contributed by atoms with E-state index in [1.807, 2.05) is 11.8 Å². The van der Waals surface area contributed by atoms with Crippen LogP contribution in [0.15, 0.2) is 42.7 Å². The summed E-state index contributed by atoms with van der Waals surface area (Å²) in [7, 11) is 0. The number of aryl methyl sites for hydroxylation is 1. The first-order chi connectivity index (χ1) is 16.5. The molecule has 0 aliphatic carbocycles. The van der Waals surface area contributed by atoms with Crippen molar-refractivity contribution in [1.82, 2.24) is 24.6 Å². The summed E-state index contributed by atoms with van der Waals surface area (Å²) in [6, 6.07) is 11.2. The highest BCUT2D eigenvalue weighted by Crippen LogP contribution is 2.33. The van der Waals surface area contributed by atoms with E-state index in [1.54, 1.807) is 36.5 Å². The van der Waals surface area contributed by atoms with Crippen LogP contribution in [-0.4, -0.2) is 81.0 Å². The van der Waals surface area contributed by atoms with E-state index >= 15 is 0 Å². The zero-order valence-electron chi connectivity index (χ0n) is 19.0. The average molecular weight is 459 g/mol. The van der Waals surface area contributed by atoms with E-state index in [1.165, 1.54) is 10.9 Å². The molecule has 34 heavy (non-hydrogen) atoms. The normalized spacial score (nSPS) is 18.7. The minimum absolute atomic E-state index is 0.0339. The van der Waals surface area contributed by atoms with Crippen LogP contribution in [0.1, 0.15) is 27.9 Å². The molecule has 174 valence electrons. The molecule has 0 saturated carbocycles. The van der Waals surface area contributed by atoms with Crippen molar-refractivity contribution in [3.8, 4) is 28.9 Å². The highest BCUT2D eigenvalue weighted by atomic mass is 16.5. The van der Waals surface area contributed by atoms with Crippen molar-refractivity contribution in [2.45, 2.75) is 19.4 Å². The number of nitrogens with zero attached hydrogens (tertiary/aromatic N) is 6. The molecule has 3 aromatic rings. The van der Waals surface area contributed by atoms with Gasteiger partial charge in [0.15, 0.2) is 5.82 Å². The molecule has 0 bridgehead atoms. The summed E-state index contributed by atoms with van der Waals surface area (Å²) in [5.41, 5.74) is 3.28. The second-order valence-corrected chi connectivity index (χ2v) is 8.68. The lowest BCUT2D eigenvalue weighted by Crippen LogP contribution is -2.45. The molecule has 4 heterocycles. The first kappa shape index (κ1) is 22.1.